The Kier molecular flexibility index (Phi) is 4.94. The standard InChI is InChI=1S/C10H15N5OS2/c1-3-4-5-7-12-8(16-15-7)6-17-10-14-13-9(11-2)18-10/h3-6H2,1-2H3,(H,11,13). The number of aromatic nitrogens is 4. The van der Waals surface area contributed by atoms with Crippen LogP contribution < -0.4 is 5.32 Å². The van der Waals surface area contributed by atoms with Crippen molar-refractivity contribution < 1.29 is 4.52 Å². The summed E-state index contributed by atoms with van der Waals surface area (Å²) in [4.78, 5) is 4.33. The third kappa shape index (κ3) is 3.67. The van der Waals surface area contributed by atoms with Crippen molar-refractivity contribution in [3.05, 3.63) is 11.7 Å². The molecule has 0 bridgehead atoms. The predicted octanol–water partition coefficient (Wildman–Crippen LogP) is 2.60. The van der Waals surface area contributed by atoms with E-state index in [9.17, 15) is 0 Å². The van der Waals surface area contributed by atoms with Crippen LogP contribution in [0.4, 0.5) is 5.13 Å². The summed E-state index contributed by atoms with van der Waals surface area (Å²) in [5, 5.41) is 15.7. The summed E-state index contributed by atoms with van der Waals surface area (Å²) < 4.78 is 6.07. The minimum absolute atomic E-state index is 0.636. The second kappa shape index (κ2) is 6.69. The third-order valence-corrected chi connectivity index (χ3v) is 4.26. The summed E-state index contributed by atoms with van der Waals surface area (Å²) in [5.74, 6) is 2.07. The number of aryl methyl sites for hydroxylation is 1. The second-order valence-corrected chi connectivity index (χ2v) is 5.82. The van der Waals surface area contributed by atoms with Crippen LogP contribution in [0.15, 0.2) is 8.86 Å². The minimum atomic E-state index is 0.636. The zero-order valence-electron chi connectivity index (χ0n) is 10.3. The highest BCUT2D eigenvalue weighted by molar-refractivity contribution is 8.00. The van der Waals surface area contributed by atoms with Crippen molar-refractivity contribution in [2.75, 3.05) is 12.4 Å². The molecule has 2 aromatic rings. The van der Waals surface area contributed by atoms with Gasteiger partial charge in [-0.25, -0.2) is 0 Å². The molecule has 2 aromatic heterocycles. The van der Waals surface area contributed by atoms with Gasteiger partial charge in [-0.15, -0.1) is 10.2 Å². The van der Waals surface area contributed by atoms with Gasteiger partial charge >= 0.3 is 0 Å². The van der Waals surface area contributed by atoms with Gasteiger partial charge in [0, 0.05) is 13.5 Å². The van der Waals surface area contributed by atoms with E-state index in [0.717, 1.165) is 34.6 Å². The number of nitrogens with one attached hydrogen (secondary N) is 1. The van der Waals surface area contributed by atoms with Gasteiger partial charge in [-0.3, -0.25) is 0 Å². The third-order valence-electron chi connectivity index (χ3n) is 2.20. The molecule has 0 radical (unpaired) electrons. The molecule has 2 heterocycles. The fraction of sp³-hybridized carbons (Fsp3) is 0.600. The topological polar surface area (TPSA) is 76.7 Å². The minimum Gasteiger partial charge on any atom is -0.363 e. The van der Waals surface area contributed by atoms with Gasteiger partial charge in [-0.2, -0.15) is 4.98 Å². The average Bonchev–Trinajstić information content (AvgIpc) is 3.03. The molecule has 0 unspecified atom stereocenters. The SMILES string of the molecule is CCCCc1noc(CSc2nnc(NC)s2)n1. The van der Waals surface area contributed by atoms with E-state index in [-0.39, 0.29) is 0 Å². The van der Waals surface area contributed by atoms with Crippen LogP contribution in [0.5, 0.6) is 0 Å². The maximum atomic E-state index is 5.18. The van der Waals surface area contributed by atoms with Crippen molar-refractivity contribution in [1.29, 1.82) is 0 Å². The number of nitrogens with zero attached hydrogens (tertiary/aromatic N) is 4. The number of thioether (sulfide) groups is 1. The number of anilines is 1. The molecule has 18 heavy (non-hydrogen) atoms. The Morgan fingerprint density at radius 1 is 1.39 bits per heavy atom. The lowest BCUT2D eigenvalue weighted by atomic mass is 10.2. The summed E-state index contributed by atoms with van der Waals surface area (Å²) in [5.41, 5.74) is 0. The van der Waals surface area contributed by atoms with Gasteiger partial charge in [0.25, 0.3) is 0 Å². The Labute approximate surface area is 114 Å². The van der Waals surface area contributed by atoms with Gasteiger partial charge in [0.15, 0.2) is 10.2 Å². The smallest absolute Gasteiger partial charge is 0.237 e. The van der Waals surface area contributed by atoms with Crippen LogP contribution in [0.3, 0.4) is 0 Å². The van der Waals surface area contributed by atoms with E-state index in [1.54, 1.807) is 11.8 Å². The fourth-order valence-electron chi connectivity index (χ4n) is 1.28. The zero-order chi connectivity index (χ0) is 12.8. The summed E-state index contributed by atoms with van der Waals surface area (Å²) in [6, 6.07) is 0. The molecule has 8 heteroatoms. The molecule has 98 valence electrons. The van der Waals surface area contributed by atoms with Gasteiger partial charge < -0.3 is 9.84 Å². The maximum Gasteiger partial charge on any atom is 0.237 e. The molecular weight excluding hydrogens is 270 g/mol. The molecule has 0 amide bonds. The summed E-state index contributed by atoms with van der Waals surface area (Å²) in [6.45, 7) is 2.14. The highest BCUT2D eigenvalue weighted by atomic mass is 32.2. The second-order valence-electron chi connectivity index (χ2n) is 3.62. The van der Waals surface area contributed by atoms with Crippen LogP contribution in [0, 0.1) is 0 Å². The maximum absolute atomic E-state index is 5.18. The van der Waals surface area contributed by atoms with Crippen LogP contribution in [-0.4, -0.2) is 27.4 Å². The number of hydrogen-bond acceptors (Lipinski definition) is 8. The highest BCUT2D eigenvalue weighted by Crippen LogP contribution is 2.27. The van der Waals surface area contributed by atoms with E-state index in [1.165, 1.54) is 11.3 Å². The Hall–Kier alpha value is -1.15. The number of hydrogen-bond donors (Lipinski definition) is 1. The highest BCUT2D eigenvalue weighted by Gasteiger charge is 2.09. The quantitative estimate of drug-likeness (QED) is 0.783. The van der Waals surface area contributed by atoms with Crippen molar-refractivity contribution in [1.82, 2.24) is 20.3 Å². The van der Waals surface area contributed by atoms with Crippen LogP contribution in [0.1, 0.15) is 31.5 Å². The molecule has 1 N–H and O–H groups in total. The normalized spacial score (nSPS) is 10.8. The molecular formula is C10H15N5OS2. The van der Waals surface area contributed by atoms with Crippen LogP contribution in [0.25, 0.3) is 0 Å². The molecule has 6 nitrogen and oxygen atoms in total. The van der Waals surface area contributed by atoms with E-state index < -0.39 is 0 Å². The van der Waals surface area contributed by atoms with E-state index >= 15 is 0 Å². The number of unbranched alkanes of at least 4 members (excludes halogenated alkanes) is 1. The molecule has 0 fully saturated rings. The lowest BCUT2D eigenvalue weighted by Gasteiger charge is -1.90. The van der Waals surface area contributed by atoms with E-state index in [4.69, 9.17) is 4.52 Å². The first-order valence-corrected chi connectivity index (χ1v) is 7.57. The molecule has 0 aromatic carbocycles. The Morgan fingerprint density at radius 3 is 3.00 bits per heavy atom. The fourth-order valence-corrected chi connectivity index (χ4v) is 2.82. The molecule has 0 saturated heterocycles. The van der Waals surface area contributed by atoms with Crippen LogP contribution >= 0.6 is 23.1 Å². The molecule has 2 rings (SSSR count). The Balaban J connectivity index is 1.84. The van der Waals surface area contributed by atoms with Gasteiger partial charge in [0.05, 0.1) is 5.75 Å². The van der Waals surface area contributed by atoms with Gasteiger partial charge in [-0.1, -0.05) is 41.6 Å². The Bertz CT molecular complexity index is 484. The van der Waals surface area contributed by atoms with Crippen LogP contribution in [0.2, 0.25) is 0 Å². The Morgan fingerprint density at radius 2 is 2.28 bits per heavy atom. The monoisotopic (exact) mass is 285 g/mol. The first-order chi connectivity index (χ1) is 8.81. The summed E-state index contributed by atoms with van der Waals surface area (Å²) >= 11 is 3.07. The van der Waals surface area contributed by atoms with Crippen molar-refractivity contribution in [3.63, 3.8) is 0 Å². The van der Waals surface area contributed by atoms with Crippen molar-refractivity contribution >= 4 is 28.2 Å². The number of rotatable bonds is 7. The van der Waals surface area contributed by atoms with Crippen LogP contribution in [-0.2, 0) is 12.2 Å². The van der Waals surface area contributed by atoms with Crippen molar-refractivity contribution in [3.8, 4) is 0 Å². The largest absolute Gasteiger partial charge is 0.363 e. The molecule has 0 aliphatic heterocycles. The molecule has 0 saturated carbocycles. The first kappa shape index (κ1) is 13.3. The lowest BCUT2D eigenvalue weighted by molar-refractivity contribution is 0.384. The van der Waals surface area contributed by atoms with Gasteiger partial charge in [0.2, 0.25) is 11.0 Å². The molecule has 0 aliphatic rings. The van der Waals surface area contributed by atoms with E-state index in [1.807, 2.05) is 7.05 Å². The van der Waals surface area contributed by atoms with Crippen molar-refractivity contribution in [2.24, 2.45) is 0 Å². The molecule has 0 spiro atoms. The van der Waals surface area contributed by atoms with Crippen molar-refractivity contribution in [2.45, 2.75) is 36.3 Å². The average molecular weight is 285 g/mol. The predicted molar refractivity (Wildman–Crippen MR) is 71.9 cm³/mol. The molecule has 0 atom stereocenters. The summed E-state index contributed by atoms with van der Waals surface area (Å²) in [7, 11) is 1.83. The lowest BCUT2D eigenvalue weighted by Crippen LogP contribution is -1.88. The zero-order valence-corrected chi connectivity index (χ0v) is 12.0. The molecule has 0 aliphatic carbocycles. The first-order valence-electron chi connectivity index (χ1n) is 5.77. The van der Waals surface area contributed by atoms with E-state index in [2.05, 4.69) is 32.6 Å². The summed E-state index contributed by atoms with van der Waals surface area (Å²) in [6.07, 6.45) is 3.11. The van der Waals surface area contributed by atoms with E-state index in [0.29, 0.717) is 11.6 Å². The van der Waals surface area contributed by atoms with Gasteiger partial charge in [-0.05, 0) is 6.42 Å². The van der Waals surface area contributed by atoms with Gasteiger partial charge in [0.1, 0.15) is 0 Å².